The van der Waals surface area contributed by atoms with E-state index in [0.29, 0.717) is 50.5 Å². The molecule has 4 saturated heterocycles. The van der Waals surface area contributed by atoms with Crippen molar-refractivity contribution >= 4 is 23.5 Å². The first-order chi connectivity index (χ1) is 26.3. The number of carbonyl (C=O) groups excluding carboxylic acids is 4. The van der Waals surface area contributed by atoms with Crippen molar-refractivity contribution in [2.24, 2.45) is 29.6 Å². The number of Topliss-reactive ketones (excluding diaryl/α,β-unsaturated/α-hetero) is 2. The summed E-state index contributed by atoms with van der Waals surface area (Å²) >= 11 is 0. The van der Waals surface area contributed by atoms with E-state index < -0.39 is 83.6 Å². The topological polar surface area (TPSA) is 206 Å². The fourth-order valence-electron chi connectivity index (χ4n) is 10.0. The molecule has 8 aliphatic rings. The lowest BCUT2D eigenvalue weighted by atomic mass is 9.82. The van der Waals surface area contributed by atoms with Gasteiger partial charge in [0, 0.05) is 37.5 Å². The molecule has 8 bridgehead atoms. The van der Waals surface area contributed by atoms with Gasteiger partial charge in [-0.15, -0.1) is 0 Å². The zero-order chi connectivity index (χ0) is 41.3. The molecule has 8 rings (SSSR count). The van der Waals surface area contributed by atoms with Crippen molar-refractivity contribution in [3.8, 4) is 0 Å². The number of fused-ring (bicyclic) bond motifs is 11. The number of aliphatic hydroxyl groups excluding tert-OH is 5. The third kappa shape index (κ3) is 9.71. The molecule has 8 heterocycles. The first kappa shape index (κ1) is 44.3. The van der Waals surface area contributed by atoms with Crippen molar-refractivity contribution in [3.63, 3.8) is 0 Å². The lowest BCUT2D eigenvalue weighted by molar-refractivity contribution is -0.194. The van der Waals surface area contributed by atoms with Crippen molar-refractivity contribution < 1.29 is 63.7 Å². The van der Waals surface area contributed by atoms with Crippen LogP contribution in [0.1, 0.15) is 138 Å². The summed E-state index contributed by atoms with van der Waals surface area (Å²) in [5.74, 6) is -3.10. The zero-order valence-corrected chi connectivity index (χ0v) is 34.3. The van der Waals surface area contributed by atoms with Crippen LogP contribution in [0.5, 0.6) is 0 Å². The van der Waals surface area contributed by atoms with Crippen LogP contribution in [0.4, 0.5) is 0 Å². The maximum absolute atomic E-state index is 13.0. The SMILES string of the molecule is CCCC1C(O)=C2CCC3(C)CC(C)CC(O)C(O3)C(C)C(=O)CC1OC2=O.CCCC1C(O)=C2CCC3(C)CC(O)CC(O3)C(O)C(C)C(=O)CC1OC2=O. The highest BCUT2D eigenvalue weighted by Gasteiger charge is 2.48. The molecule has 0 amide bonds. The molecule has 0 spiro atoms. The van der Waals surface area contributed by atoms with Gasteiger partial charge in [0.15, 0.2) is 0 Å². The monoisotopic (exact) mass is 790 g/mol. The Hall–Kier alpha value is -2.84. The van der Waals surface area contributed by atoms with Gasteiger partial charge in [0.2, 0.25) is 0 Å². The van der Waals surface area contributed by atoms with E-state index in [9.17, 15) is 44.7 Å². The normalized spacial score (nSPS) is 42.5. The molecule has 8 aliphatic heterocycles. The summed E-state index contributed by atoms with van der Waals surface area (Å²) in [6.45, 7) is 13.3. The molecule has 14 unspecified atom stereocenters. The van der Waals surface area contributed by atoms with E-state index in [1.54, 1.807) is 13.8 Å². The second-order valence-electron chi connectivity index (χ2n) is 18.2. The summed E-state index contributed by atoms with van der Waals surface area (Å²) in [4.78, 5) is 51.0. The van der Waals surface area contributed by atoms with Crippen molar-refractivity contribution in [1.82, 2.24) is 0 Å². The molecule has 13 nitrogen and oxygen atoms in total. The molecule has 316 valence electrons. The van der Waals surface area contributed by atoms with E-state index in [1.165, 1.54) is 0 Å². The van der Waals surface area contributed by atoms with E-state index in [2.05, 4.69) is 6.92 Å². The minimum absolute atomic E-state index is 0.0138. The van der Waals surface area contributed by atoms with Crippen LogP contribution in [0.25, 0.3) is 0 Å². The molecule has 4 fully saturated rings. The smallest absolute Gasteiger partial charge is 0.337 e. The first-order valence-electron chi connectivity index (χ1n) is 21.0. The average Bonchev–Trinajstić information content (AvgIpc) is 3.22. The van der Waals surface area contributed by atoms with E-state index in [1.807, 2.05) is 27.7 Å². The molecule has 0 aromatic heterocycles. The van der Waals surface area contributed by atoms with Gasteiger partial charge in [-0.1, -0.05) is 47.5 Å². The van der Waals surface area contributed by atoms with E-state index in [0.717, 1.165) is 19.3 Å². The first-order valence-corrected chi connectivity index (χ1v) is 21.0. The van der Waals surface area contributed by atoms with Crippen LogP contribution in [0.15, 0.2) is 22.7 Å². The zero-order valence-electron chi connectivity index (χ0n) is 34.3. The van der Waals surface area contributed by atoms with E-state index in [4.69, 9.17) is 18.9 Å². The van der Waals surface area contributed by atoms with Crippen LogP contribution in [0.2, 0.25) is 0 Å². The van der Waals surface area contributed by atoms with Gasteiger partial charge >= 0.3 is 11.9 Å². The van der Waals surface area contributed by atoms with Gasteiger partial charge in [-0.05, 0) is 71.1 Å². The van der Waals surface area contributed by atoms with Gasteiger partial charge in [0.1, 0.15) is 35.3 Å². The predicted octanol–water partition coefficient (Wildman–Crippen LogP) is 5.65. The maximum Gasteiger partial charge on any atom is 0.337 e. The third-order valence-corrected chi connectivity index (χ3v) is 13.3. The van der Waals surface area contributed by atoms with Crippen LogP contribution in [-0.4, -0.2) is 103 Å². The molecule has 5 N–H and O–H groups in total. The highest BCUT2D eigenvalue weighted by molar-refractivity contribution is 5.91. The molecular formula is C43H66O13. The van der Waals surface area contributed by atoms with E-state index in [-0.39, 0.29) is 66.2 Å². The third-order valence-electron chi connectivity index (χ3n) is 13.3. The lowest BCUT2D eigenvalue weighted by Crippen LogP contribution is -2.50. The van der Waals surface area contributed by atoms with Crippen LogP contribution < -0.4 is 0 Å². The number of ether oxygens (including phenoxy) is 4. The number of rotatable bonds is 4. The molecular weight excluding hydrogens is 724 g/mol. The number of esters is 2. The van der Waals surface area contributed by atoms with Crippen molar-refractivity contribution in [2.45, 2.75) is 192 Å². The molecule has 13 heteroatoms. The summed E-state index contributed by atoms with van der Waals surface area (Å²) in [5.41, 5.74) is -0.809. The van der Waals surface area contributed by atoms with Crippen LogP contribution >= 0.6 is 0 Å². The number of ketones is 2. The van der Waals surface area contributed by atoms with Crippen LogP contribution in [0, 0.1) is 29.6 Å². The number of hydrogen-bond donors (Lipinski definition) is 5. The lowest BCUT2D eigenvalue weighted by Gasteiger charge is -2.43. The summed E-state index contributed by atoms with van der Waals surface area (Å²) in [7, 11) is 0. The Kier molecular flexibility index (Phi) is 14.2. The number of hydrogen-bond acceptors (Lipinski definition) is 13. The minimum Gasteiger partial charge on any atom is -0.511 e. The number of aliphatic hydroxyl groups is 5. The Morgan fingerprint density at radius 2 is 1.14 bits per heavy atom. The largest absolute Gasteiger partial charge is 0.511 e. The maximum atomic E-state index is 13.0. The average molecular weight is 791 g/mol. The highest BCUT2D eigenvalue weighted by atomic mass is 16.6. The second-order valence-corrected chi connectivity index (χ2v) is 18.2. The fourth-order valence-corrected chi connectivity index (χ4v) is 10.0. The van der Waals surface area contributed by atoms with Crippen molar-refractivity contribution in [2.75, 3.05) is 0 Å². The predicted molar refractivity (Wildman–Crippen MR) is 204 cm³/mol. The highest BCUT2D eigenvalue weighted by Crippen LogP contribution is 2.43. The molecule has 14 atom stereocenters. The molecule has 0 radical (unpaired) electrons. The Balaban J connectivity index is 0.000000214. The molecule has 0 saturated carbocycles. The van der Waals surface area contributed by atoms with Crippen molar-refractivity contribution in [1.29, 1.82) is 0 Å². The molecule has 0 aromatic carbocycles. The fraction of sp³-hybridized carbons (Fsp3) is 0.814. The van der Waals surface area contributed by atoms with E-state index >= 15 is 0 Å². The molecule has 0 aromatic rings. The van der Waals surface area contributed by atoms with Gasteiger partial charge in [0.25, 0.3) is 0 Å². The Morgan fingerprint density at radius 3 is 1.64 bits per heavy atom. The number of carbonyl (C=O) groups is 4. The summed E-state index contributed by atoms with van der Waals surface area (Å²) in [5, 5.41) is 53.5. The summed E-state index contributed by atoms with van der Waals surface area (Å²) < 4.78 is 23.7. The standard InChI is InChI=1S/C22H34O6.C21H32O7/c1-5-6-14-18-10-16(23)13(3)20-17(24)9-12(2)11-22(4,28-20)8-7-15(19(14)25)21(26)27-18;1-4-5-13-16-9-15(23)11(2)18(24)17-8-12(22)10-21(3,28-17)7-6-14(19(13)25)20(26)27-16/h12-14,17-18,20,24-25H,5-11H2,1-4H3;11-13,16-18,22,24-25H,4-10H2,1-3H3. The Morgan fingerprint density at radius 1 is 0.661 bits per heavy atom. The second kappa shape index (κ2) is 18.0. The Bertz CT molecular complexity index is 1540. The molecule has 0 aliphatic carbocycles. The van der Waals surface area contributed by atoms with Gasteiger partial charge in [-0.3, -0.25) is 9.59 Å². The van der Waals surface area contributed by atoms with Crippen molar-refractivity contribution in [3.05, 3.63) is 22.7 Å². The van der Waals surface area contributed by atoms with Gasteiger partial charge in [0.05, 0.1) is 64.7 Å². The van der Waals surface area contributed by atoms with Crippen LogP contribution in [0.3, 0.4) is 0 Å². The van der Waals surface area contributed by atoms with Gasteiger partial charge < -0.3 is 44.5 Å². The summed E-state index contributed by atoms with van der Waals surface area (Å²) in [6.07, 6.45) is 1.32. The Labute approximate surface area is 331 Å². The van der Waals surface area contributed by atoms with Gasteiger partial charge in [-0.25, -0.2) is 9.59 Å². The molecule has 56 heavy (non-hydrogen) atoms. The van der Waals surface area contributed by atoms with Crippen LogP contribution in [-0.2, 0) is 38.1 Å². The quantitative estimate of drug-likeness (QED) is 0.219. The summed E-state index contributed by atoms with van der Waals surface area (Å²) in [6, 6.07) is 0. The van der Waals surface area contributed by atoms with Gasteiger partial charge in [-0.2, -0.15) is 0 Å². The minimum atomic E-state index is -1.05.